The fourth-order valence-corrected chi connectivity index (χ4v) is 2.98. The van der Waals surface area contributed by atoms with E-state index < -0.39 is 0 Å². The first-order valence-corrected chi connectivity index (χ1v) is 8.39. The van der Waals surface area contributed by atoms with Gasteiger partial charge in [-0.15, -0.1) is 0 Å². The minimum absolute atomic E-state index is 0.102. The van der Waals surface area contributed by atoms with E-state index in [2.05, 4.69) is 37.8 Å². The predicted molar refractivity (Wildman–Crippen MR) is 91.9 cm³/mol. The van der Waals surface area contributed by atoms with Crippen molar-refractivity contribution in [1.29, 1.82) is 0 Å². The fourth-order valence-electron chi connectivity index (χ4n) is 2.98. The molecule has 1 fully saturated rings. The highest BCUT2D eigenvalue weighted by Crippen LogP contribution is 2.28. The summed E-state index contributed by atoms with van der Waals surface area (Å²) >= 11 is 0. The van der Waals surface area contributed by atoms with E-state index in [9.17, 15) is 0 Å². The molecule has 6 nitrogen and oxygen atoms in total. The molecule has 0 saturated carbocycles. The van der Waals surface area contributed by atoms with Crippen molar-refractivity contribution in [2.45, 2.75) is 51.6 Å². The highest BCUT2D eigenvalue weighted by Gasteiger charge is 2.24. The maximum absolute atomic E-state index is 5.88. The van der Waals surface area contributed by atoms with Crippen LogP contribution >= 0.6 is 0 Å². The van der Waals surface area contributed by atoms with Crippen molar-refractivity contribution in [1.82, 2.24) is 19.7 Å². The molecule has 1 aliphatic rings. The Labute approximate surface area is 137 Å². The van der Waals surface area contributed by atoms with Crippen LogP contribution in [0.3, 0.4) is 0 Å². The van der Waals surface area contributed by atoms with Gasteiger partial charge in [0.2, 0.25) is 0 Å². The summed E-state index contributed by atoms with van der Waals surface area (Å²) in [5.41, 5.74) is 0.784. The van der Waals surface area contributed by atoms with Crippen LogP contribution in [0.1, 0.15) is 45.9 Å². The quantitative estimate of drug-likeness (QED) is 0.871. The molecule has 126 valence electrons. The maximum Gasteiger partial charge on any atom is 0.163 e. The van der Waals surface area contributed by atoms with Crippen LogP contribution in [0, 0.1) is 0 Å². The van der Waals surface area contributed by atoms with Crippen molar-refractivity contribution in [2.75, 3.05) is 25.1 Å². The molecule has 3 rings (SSSR count). The van der Waals surface area contributed by atoms with Crippen LogP contribution in [0.25, 0.3) is 11.0 Å². The zero-order chi connectivity index (χ0) is 16.6. The zero-order valence-corrected chi connectivity index (χ0v) is 14.8. The molecule has 0 amide bonds. The SMILES string of the molecule is CN(C[C@H]1CCCCO1)c1nc(C(C)(C)C)nc2c1cnn2C. The van der Waals surface area contributed by atoms with Crippen LogP contribution in [-0.4, -0.2) is 46.1 Å². The van der Waals surface area contributed by atoms with E-state index in [-0.39, 0.29) is 11.5 Å². The third-order valence-electron chi connectivity index (χ3n) is 4.36. The van der Waals surface area contributed by atoms with E-state index in [0.29, 0.717) is 0 Å². The van der Waals surface area contributed by atoms with Crippen molar-refractivity contribution >= 4 is 16.9 Å². The monoisotopic (exact) mass is 317 g/mol. The first-order chi connectivity index (χ1) is 10.9. The largest absolute Gasteiger partial charge is 0.376 e. The molecule has 1 atom stereocenters. The van der Waals surface area contributed by atoms with E-state index in [1.807, 2.05) is 17.9 Å². The summed E-state index contributed by atoms with van der Waals surface area (Å²) in [5.74, 6) is 1.79. The molecule has 2 aromatic rings. The third-order valence-corrected chi connectivity index (χ3v) is 4.36. The van der Waals surface area contributed by atoms with E-state index in [4.69, 9.17) is 14.7 Å². The van der Waals surface area contributed by atoms with E-state index in [1.165, 1.54) is 12.8 Å². The average Bonchev–Trinajstić information content (AvgIpc) is 2.88. The molecule has 0 bridgehead atoms. The van der Waals surface area contributed by atoms with Crippen molar-refractivity contribution in [3.8, 4) is 0 Å². The summed E-state index contributed by atoms with van der Waals surface area (Å²) in [5, 5.41) is 5.36. The average molecular weight is 317 g/mol. The summed E-state index contributed by atoms with van der Waals surface area (Å²) in [6.45, 7) is 8.14. The minimum atomic E-state index is -0.102. The molecule has 0 unspecified atom stereocenters. The molecule has 6 heteroatoms. The Hall–Kier alpha value is -1.69. The number of anilines is 1. The second kappa shape index (κ2) is 6.07. The van der Waals surface area contributed by atoms with E-state index in [1.54, 1.807) is 0 Å². The fraction of sp³-hybridized carbons (Fsp3) is 0.706. The molecule has 1 aliphatic heterocycles. The van der Waals surface area contributed by atoms with Crippen LogP contribution in [0.4, 0.5) is 5.82 Å². The van der Waals surface area contributed by atoms with Crippen molar-refractivity contribution < 1.29 is 4.74 Å². The topological polar surface area (TPSA) is 56.1 Å². The number of hydrogen-bond donors (Lipinski definition) is 0. The van der Waals surface area contributed by atoms with Gasteiger partial charge in [0.05, 0.1) is 17.7 Å². The normalized spacial score (nSPS) is 19.3. The lowest BCUT2D eigenvalue weighted by molar-refractivity contribution is 0.0215. The van der Waals surface area contributed by atoms with Gasteiger partial charge in [0.1, 0.15) is 11.6 Å². The summed E-state index contributed by atoms with van der Waals surface area (Å²) in [4.78, 5) is 11.8. The van der Waals surface area contributed by atoms with Crippen molar-refractivity contribution in [3.05, 3.63) is 12.0 Å². The predicted octanol–water partition coefficient (Wildman–Crippen LogP) is 2.67. The first kappa shape index (κ1) is 16.2. The molecule has 23 heavy (non-hydrogen) atoms. The number of likely N-dealkylation sites (N-methyl/N-ethyl adjacent to an activating group) is 1. The van der Waals surface area contributed by atoms with Gasteiger partial charge < -0.3 is 9.64 Å². The molecule has 0 radical (unpaired) electrons. The van der Waals surface area contributed by atoms with Gasteiger partial charge in [0.15, 0.2) is 5.65 Å². The Kier molecular flexibility index (Phi) is 4.27. The lowest BCUT2D eigenvalue weighted by atomic mass is 9.95. The van der Waals surface area contributed by atoms with Crippen LogP contribution < -0.4 is 4.90 Å². The number of fused-ring (bicyclic) bond motifs is 1. The number of aryl methyl sites for hydroxylation is 1. The Balaban J connectivity index is 1.97. The lowest BCUT2D eigenvalue weighted by Crippen LogP contribution is -2.34. The molecule has 3 heterocycles. The number of hydrogen-bond acceptors (Lipinski definition) is 5. The standard InChI is InChI=1S/C17H27N5O/c1-17(2,3)16-19-14(13-10-18-22(5)15(13)20-16)21(4)11-12-8-6-7-9-23-12/h10,12H,6-9,11H2,1-5H3/t12-/m1/s1. The van der Waals surface area contributed by atoms with Crippen LogP contribution in [0.5, 0.6) is 0 Å². The molecular weight excluding hydrogens is 290 g/mol. The summed E-state index contributed by atoms with van der Waals surface area (Å²) in [6, 6.07) is 0. The second-order valence-electron chi connectivity index (χ2n) is 7.50. The number of ether oxygens (including phenoxy) is 1. The maximum atomic E-state index is 5.88. The van der Waals surface area contributed by atoms with Gasteiger partial charge in [0, 0.05) is 32.7 Å². The molecule has 0 spiro atoms. The summed E-state index contributed by atoms with van der Waals surface area (Å²) in [6.07, 6.45) is 5.69. The van der Waals surface area contributed by atoms with Gasteiger partial charge in [-0.05, 0) is 19.3 Å². The van der Waals surface area contributed by atoms with Crippen LogP contribution in [-0.2, 0) is 17.2 Å². The van der Waals surface area contributed by atoms with Crippen molar-refractivity contribution in [3.63, 3.8) is 0 Å². The molecular formula is C17H27N5O. The number of rotatable bonds is 3. The first-order valence-electron chi connectivity index (χ1n) is 8.39. The van der Waals surface area contributed by atoms with Gasteiger partial charge in [0.25, 0.3) is 0 Å². The molecule has 0 N–H and O–H groups in total. The van der Waals surface area contributed by atoms with Crippen LogP contribution in [0.2, 0.25) is 0 Å². The molecule has 1 saturated heterocycles. The summed E-state index contributed by atoms with van der Waals surface area (Å²) in [7, 11) is 4.01. The molecule has 2 aromatic heterocycles. The molecule has 0 aromatic carbocycles. The Morgan fingerprint density at radius 2 is 2.09 bits per heavy atom. The Morgan fingerprint density at radius 1 is 1.30 bits per heavy atom. The van der Waals surface area contributed by atoms with Crippen molar-refractivity contribution in [2.24, 2.45) is 7.05 Å². The Morgan fingerprint density at radius 3 is 2.74 bits per heavy atom. The van der Waals surface area contributed by atoms with Gasteiger partial charge in [-0.3, -0.25) is 4.68 Å². The summed E-state index contributed by atoms with van der Waals surface area (Å²) < 4.78 is 7.70. The van der Waals surface area contributed by atoms with Gasteiger partial charge in [-0.2, -0.15) is 5.10 Å². The van der Waals surface area contributed by atoms with Gasteiger partial charge in [-0.1, -0.05) is 20.8 Å². The highest BCUT2D eigenvalue weighted by molar-refractivity contribution is 5.87. The van der Waals surface area contributed by atoms with E-state index >= 15 is 0 Å². The lowest BCUT2D eigenvalue weighted by Gasteiger charge is -2.29. The Bertz CT molecular complexity index is 682. The van der Waals surface area contributed by atoms with Gasteiger partial charge >= 0.3 is 0 Å². The van der Waals surface area contributed by atoms with E-state index in [0.717, 1.165) is 42.2 Å². The molecule has 0 aliphatic carbocycles. The third kappa shape index (κ3) is 3.32. The minimum Gasteiger partial charge on any atom is -0.376 e. The zero-order valence-electron chi connectivity index (χ0n) is 14.8. The van der Waals surface area contributed by atoms with Gasteiger partial charge in [-0.25, -0.2) is 9.97 Å². The van der Waals surface area contributed by atoms with Crippen LogP contribution in [0.15, 0.2) is 6.20 Å². The highest BCUT2D eigenvalue weighted by atomic mass is 16.5. The second-order valence-corrected chi connectivity index (χ2v) is 7.50. The number of nitrogens with zero attached hydrogens (tertiary/aromatic N) is 5. The number of aromatic nitrogens is 4. The smallest absolute Gasteiger partial charge is 0.163 e.